The van der Waals surface area contributed by atoms with Gasteiger partial charge in [0, 0.05) is 70.2 Å². The fraction of sp³-hybridized carbons (Fsp3) is 0. The first-order chi connectivity index (χ1) is 23.8. The summed E-state index contributed by atoms with van der Waals surface area (Å²) in [5, 5.41) is 11.9. The molecule has 4 heteroatoms. The third-order valence-corrected chi connectivity index (χ3v) is 11.0. The van der Waals surface area contributed by atoms with Crippen LogP contribution in [-0.4, -0.2) is 0 Å². The molecule has 0 amide bonds. The van der Waals surface area contributed by atoms with Gasteiger partial charge >= 0.3 is 0 Å². The maximum atomic E-state index is 6.61. The quantitative estimate of drug-likeness (QED) is 0.194. The van der Waals surface area contributed by atoms with Crippen LogP contribution in [0.2, 0.25) is 0 Å². The third kappa shape index (κ3) is 3.63. The van der Waals surface area contributed by atoms with Crippen LogP contribution in [0.1, 0.15) is 0 Å². The molecule has 0 spiro atoms. The molecule has 0 atom stereocenters. The number of benzene rings is 8. The molecule has 3 heterocycles. The summed E-state index contributed by atoms with van der Waals surface area (Å²) in [7, 11) is 0. The first kappa shape index (κ1) is 26.0. The van der Waals surface area contributed by atoms with Gasteiger partial charge in [-0.3, -0.25) is 0 Å². The second-order valence-electron chi connectivity index (χ2n) is 12.5. The van der Waals surface area contributed by atoms with Gasteiger partial charge < -0.3 is 13.7 Å². The van der Waals surface area contributed by atoms with Crippen molar-refractivity contribution in [1.29, 1.82) is 0 Å². The topological polar surface area (TPSA) is 29.5 Å². The Morgan fingerprint density at radius 1 is 0.396 bits per heavy atom. The fourth-order valence-electron chi connectivity index (χ4n) is 7.65. The summed E-state index contributed by atoms with van der Waals surface area (Å²) in [4.78, 5) is 2.31. The second-order valence-corrected chi connectivity index (χ2v) is 13.5. The highest BCUT2D eigenvalue weighted by Crippen LogP contribution is 2.46. The molecule has 48 heavy (non-hydrogen) atoms. The van der Waals surface area contributed by atoms with Crippen LogP contribution in [0.3, 0.4) is 0 Å². The monoisotopic (exact) mass is 631 g/mol. The van der Waals surface area contributed by atoms with Gasteiger partial charge in [0.2, 0.25) is 0 Å². The molecule has 0 N–H and O–H groups in total. The van der Waals surface area contributed by atoms with Gasteiger partial charge in [0.1, 0.15) is 22.3 Å². The number of hydrogen-bond acceptors (Lipinski definition) is 4. The summed E-state index contributed by atoms with van der Waals surface area (Å²) in [6, 6.07) is 54.0. The highest BCUT2D eigenvalue weighted by atomic mass is 32.1. The van der Waals surface area contributed by atoms with Crippen LogP contribution < -0.4 is 4.90 Å². The molecule has 224 valence electrons. The molecular weight excluding hydrogens is 607 g/mol. The number of rotatable bonds is 3. The normalized spacial score (nSPS) is 12.2. The summed E-state index contributed by atoms with van der Waals surface area (Å²) in [5.41, 5.74) is 6.74. The van der Waals surface area contributed by atoms with Gasteiger partial charge in [-0.05, 0) is 76.8 Å². The van der Waals surface area contributed by atoms with Crippen LogP contribution in [-0.2, 0) is 0 Å². The highest BCUT2D eigenvalue weighted by Gasteiger charge is 2.20. The lowest BCUT2D eigenvalue weighted by molar-refractivity contribution is 0.669. The van der Waals surface area contributed by atoms with Gasteiger partial charge in [0.25, 0.3) is 0 Å². The van der Waals surface area contributed by atoms with E-state index in [1.807, 2.05) is 11.3 Å². The van der Waals surface area contributed by atoms with Gasteiger partial charge in [-0.25, -0.2) is 0 Å². The second kappa shape index (κ2) is 9.71. The van der Waals surface area contributed by atoms with Gasteiger partial charge in [-0.15, -0.1) is 11.3 Å². The van der Waals surface area contributed by atoms with E-state index in [0.717, 1.165) is 60.9 Å². The van der Waals surface area contributed by atoms with Gasteiger partial charge in [-0.1, -0.05) is 84.9 Å². The van der Waals surface area contributed by atoms with Crippen molar-refractivity contribution in [1.82, 2.24) is 0 Å². The summed E-state index contributed by atoms with van der Waals surface area (Å²) >= 11 is 1.86. The standard InChI is InChI=1S/C44H25NO2S/c1-2-10-28(11-3-1)45(30-16-20-33-34-18-14-26-8-4-6-12-31(26)43(34)47-39(33)25-30)29-17-21-37-36(24-29)41-38(46-37)22-23-40-42(41)35-19-15-27-9-5-7-13-32(27)44(35)48-40/h1-25H. The molecule has 8 aromatic carbocycles. The van der Waals surface area contributed by atoms with Crippen LogP contribution in [0.25, 0.3) is 85.6 Å². The number of hydrogen-bond donors (Lipinski definition) is 0. The Morgan fingerprint density at radius 3 is 1.96 bits per heavy atom. The van der Waals surface area contributed by atoms with Gasteiger partial charge in [0.15, 0.2) is 0 Å². The molecule has 11 rings (SSSR count). The van der Waals surface area contributed by atoms with Crippen LogP contribution in [0.15, 0.2) is 160 Å². The van der Waals surface area contributed by atoms with Crippen LogP contribution in [0.5, 0.6) is 0 Å². The predicted molar refractivity (Wildman–Crippen MR) is 204 cm³/mol. The first-order valence-electron chi connectivity index (χ1n) is 16.2. The van der Waals surface area contributed by atoms with Crippen molar-refractivity contribution in [3.05, 3.63) is 152 Å². The number of para-hydroxylation sites is 1. The summed E-state index contributed by atoms with van der Waals surface area (Å²) in [5.74, 6) is 0. The first-order valence-corrected chi connectivity index (χ1v) is 17.0. The lowest BCUT2D eigenvalue weighted by atomic mass is 10.0. The molecule has 0 aliphatic carbocycles. The number of fused-ring (bicyclic) bond motifs is 14. The molecule has 0 aliphatic heterocycles. The van der Waals surface area contributed by atoms with E-state index in [9.17, 15) is 0 Å². The van der Waals surface area contributed by atoms with Crippen molar-refractivity contribution >= 4 is 114 Å². The van der Waals surface area contributed by atoms with E-state index in [0.29, 0.717) is 0 Å². The molecule has 0 saturated carbocycles. The number of furan rings is 2. The van der Waals surface area contributed by atoms with E-state index in [1.54, 1.807) is 0 Å². The Balaban J connectivity index is 1.16. The zero-order valence-electron chi connectivity index (χ0n) is 25.6. The Kier molecular flexibility index (Phi) is 5.26. The lowest BCUT2D eigenvalue weighted by Crippen LogP contribution is -2.09. The zero-order valence-corrected chi connectivity index (χ0v) is 26.4. The Hall–Kier alpha value is -6.10. The summed E-state index contributed by atoms with van der Waals surface area (Å²) < 4.78 is 15.7. The minimum atomic E-state index is 0.869. The lowest BCUT2D eigenvalue weighted by Gasteiger charge is -2.25. The van der Waals surface area contributed by atoms with E-state index in [-0.39, 0.29) is 0 Å². The minimum Gasteiger partial charge on any atom is -0.456 e. The predicted octanol–water partition coefficient (Wildman–Crippen LogP) is 13.6. The Bertz CT molecular complexity index is 3070. The summed E-state index contributed by atoms with van der Waals surface area (Å²) in [6.45, 7) is 0. The molecule has 11 aromatic rings. The zero-order chi connectivity index (χ0) is 31.3. The molecule has 0 aliphatic rings. The third-order valence-electron chi connectivity index (χ3n) is 9.82. The SMILES string of the molecule is c1ccc(N(c2ccc3c(c2)oc2c4ccccc4ccc32)c2ccc3oc4ccc5sc6c7ccccc7ccc6c5c4c3c2)cc1. The fourth-order valence-corrected chi connectivity index (χ4v) is 8.89. The van der Waals surface area contributed by atoms with E-state index < -0.39 is 0 Å². The average Bonchev–Trinajstić information content (AvgIpc) is 3.83. The molecular formula is C44H25NO2S. The maximum Gasteiger partial charge on any atom is 0.143 e. The Morgan fingerprint density at radius 2 is 1.08 bits per heavy atom. The largest absolute Gasteiger partial charge is 0.456 e. The van der Waals surface area contributed by atoms with E-state index in [4.69, 9.17) is 8.83 Å². The van der Waals surface area contributed by atoms with E-state index >= 15 is 0 Å². The molecule has 0 radical (unpaired) electrons. The van der Waals surface area contributed by atoms with E-state index in [1.165, 1.54) is 41.7 Å². The van der Waals surface area contributed by atoms with Crippen LogP contribution in [0, 0.1) is 0 Å². The number of thiophene rings is 1. The smallest absolute Gasteiger partial charge is 0.143 e. The van der Waals surface area contributed by atoms with Gasteiger partial charge in [0.05, 0.1) is 0 Å². The molecule has 0 unspecified atom stereocenters. The van der Waals surface area contributed by atoms with Crippen molar-refractivity contribution in [3.63, 3.8) is 0 Å². The van der Waals surface area contributed by atoms with Crippen LogP contribution in [0.4, 0.5) is 17.1 Å². The Labute approximate surface area is 278 Å². The molecule has 0 bridgehead atoms. The number of nitrogens with zero attached hydrogens (tertiary/aromatic N) is 1. The molecule has 0 fully saturated rings. The van der Waals surface area contributed by atoms with Crippen molar-refractivity contribution in [2.75, 3.05) is 4.90 Å². The van der Waals surface area contributed by atoms with Crippen molar-refractivity contribution in [3.8, 4) is 0 Å². The van der Waals surface area contributed by atoms with Crippen molar-refractivity contribution < 1.29 is 8.83 Å². The highest BCUT2D eigenvalue weighted by molar-refractivity contribution is 7.27. The van der Waals surface area contributed by atoms with Crippen LogP contribution >= 0.6 is 11.3 Å². The van der Waals surface area contributed by atoms with E-state index in [2.05, 4.69) is 157 Å². The maximum absolute atomic E-state index is 6.61. The minimum absolute atomic E-state index is 0.869. The van der Waals surface area contributed by atoms with Crippen molar-refractivity contribution in [2.45, 2.75) is 0 Å². The summed E-state index contributed by atoms with van der Waals surface area (Å²) in [6.07, 6.45) is 0. The molecule has 3 aromatic heterocycles. The average molecular weight is 632 g/mol. The molecule has 3 nitrogen and oxygen atoms in total. The number of anilines is 3. The molecule has 0 saturated heterocycles. The van der Waals surface area contributed by atoms with Crippen molar-refractivity contribution in [2.24, 2.45) is 0 Å². The van der Waals surface area contributed by atoms with Gasteiger partial charge in [-0.2, -0.15) is 0 Å².